The zero-order valence-electron chi connectivity index (χ0n) is 7.66. The fourth-order valence-electron chi connectivity index (χ4n) is 1.00. The van der Waals surface area contributed by atoms with Gasteiger partial charge in [-0.05, 0) is 35.8 Å². The summed E-state index contributed by atoms with van der Waals surface area (Å²) in [7, 11) is 0. The van der Waals surface area contributed by atoms with Gasteiger partial charge in [0.2, 0.25) is 0 Å². The second-order valence-corrected chi connectivity index (χ2v) is 4.04. The molecule has 0 aromatic carbocycles. The number of rotatable bonds is 2. The molecule has 0 radical (unpaired) electrons. The Bertz CT molecular complexity index is 318. The van der Waals surface area contributed by atoms with Gasteiger partial charge < -0.3 is 5.11 Å². The molecule has 70 valence electrons. The van der Waals surface area contributed by atoms with Crippen molar-refractivity contribution in [2.45, 2.75) is 20.0 Å². The van der Waals surface area contributed by atoms with Gasteiger partial charge in [-0.15, -0.1) is 0 Å². The molecule has 0 saturated carbocycles. The van der Waals surface area contributed by atoms with E-state index in [9.17, 15) is 5.11 Å². The molecule has 1 aromatic rings. The molecule has 3 heteroatoms. The highest BCUT2D eigenvalue weighted by molar-refractivity contribution is 9.10. The number of hydrogen-bond donors (Lipinski definition) is 1. The molecule has 2 nitrogen and oxygen atoms in total. The lowest BCUT2D eigenvalue weighted by Gasteiger charge is -2.06. The molecule has 0 saturated heterocycles. The molecule has 1 heterocycles. The zero-order valence-corrected chi connectivity index (χ0v) is 9.25. The second kappa shape index (κ2) is 4.53. The first kappa shape index (κ1) is 10.4. The number of hydrogen-bond acceptors (Lipinski definition) is 2. The smallest absolute Gasteiger partial charge is 0.0989 e. The van der Waals surface area contributed by atoms with Gasteiger partial charge in [-0.2, -0.15) is 0 Å². The number of aromatic nitrogens is 1. The molecule has 13 heavy (non-hydrogen) atoms. The van der Waals surface area contributed by atoms with Crippen molar-refractivity contribution in [2.24, 2.45) is 0 Å². The Labute approximate surface area is 86.4 Å². The predicted molar refractivity (Wildman–Crippen MR) is 56.3 cm³/mol. The summed E-state index contributed by atoms with van der Waals surface area (Å²) in [6, 6.07) is 1.86. The third-order valence-electron chi connectivity index (χ3n) is 1.56. The minimum Gasteiger partial charge on any atom is -0.384 e. The predicted octanol–water partition coefficient (Wildman–Crippen LogP) is 2.84. The molecule has 1 unspecified atom stereocenters. The molecule has 1 rings (SSSR count). The van der Waals surface area contributed by atoms with Crippen molar-refractivity contribution in [3.05, 3.63) is 40.1 Å². The summed E-state index contributed by atoms with van der Waals surface area (Å²) in [5, 5.41) is 9.68. The molecular formula is C10H12BrNO. The van der Waals surface area contributed by atoms with E-state index in [2.05, 4.69) is 20.9 Å². The van der Waals surface area contributed by atoms with Crippen LogP contribution in [0.1, 0.15) is 25.5 Å². The van der Waals surface area contributed by atoms with Crippen molar-refractivity contribution >= 4 is 15.9 Å². The third kappa shape index (κ3) is 3.28. The number of halogens is 1. The molecule has 0 aliphatic carbocycles. The summed E-state index contributed by atoms with van der Waals surface area (Å²) >= 11 is 3.30. The molecule has 1 atom stereocenters. The van der Waals surface area contributed by atoms with E-state index in [4.69, 9.17) is 0 Å². The number of aliphatic hydroxyl groups excluding tert-OH is 1. The summed E-state index contributed by atoms with van der Waals surface area (Å²) in [6.45, 7) is 3.91. The van der Waals surface area contributed by atoms with Crippen molar-refractivity contribution < 1.29 is 5.11 Å². The standard InChI is InChI=1S/C10H12BrNO/c1-7(2)3-10(13)8-4-9(11)6-12-5-8/h3-6,10,13H,1-2H3. The molecule has 0 aliphatic heterocycles. The quantitative estimate of drug-likeness (QED) is 0.809. The van der Waals surface area contributed by atoms with E-state index < -0.39 is 6.10 Å². The maximum atomic E-state index is 9.68. The molecule has 0 aliphatic rings. The van der Waals surface area contributed by atoms with E-state index in [1.165, 1.54) is 0 Å². The van der Waals surface area contributed by atoms with Crippen LogP contribution in [-0.4, -0.2) is 10.1 Å². The van der Waals surface area contributed by atoms with Crippen molar-refractivity contribution in [1.29, 1.82) is 0 Å². The van der Waals surface area contributed by atoms with Crippen LogP contribution >= 0.6 is 15.9 Å². The Kier molecular flexibility index (Phi) is 3.63. The van der Waals surface area contributed by atoms with E-state index >= 15 is 0 Å². The largest absolute Gasteiger partial charge is 0.384 e. The topological polar surface area (TPSA) is 33.1 Å². The fourth-order valence-corrected chi connectivity index (χ4v) is 1.38. The van der Waals surface area contributed by atoms with Crippen LogP contribution < -0.4 is 0 Å². The van der Waals surface area contributed by atoms with Gasteiger partial charge in [0.1, 0.15) is 0 Å². The summed E-state index contributed by atoms with van der Waals surface area (Å²) < 4.78 is 0.881. The average molecular weight is 242 g/mol. The van der Waals surface area contributed by atoms with Gasteiger partial charge >= 0.3 is 0 Å². The first-order valence-corrected chi connectivity index (χ1v) is 4.82. The van der Waals surface area contributed by atoms with Crippen molar-refractivity contribution in [2.75, 3.05) is 0 Å². The molecule has 0 amide bonds. The monoisotopic (exact) mass is 241 g/mol. The number of nitrogens with zero attached hydrogens (tertiary/aromatic N) is 1. The molecule has 1 N–H and O–H groups in total. The van der Waals surface area contributed by atoms with Crippen LogP contribution in [-0.2, 0) is 0 Å². The SMILES string of the molecule is CC(C)=CC(O)c1cncc(Br)c1. The van der Waals surface area contributed by atoms with Crippen molar-refractivity contribution in [3.8, 4) is 0 Å². The molecule has 0 spiro atoms. The number of pyridine rings is 1. The summed E-state index contributed by atoms with van der Waals surface area (Å²) in [4.78, 5) is 3.98. The zero-order chi connectivity index (χ0) is 9.84. The van der Waals surface area contributed by atoms with Crippen LogP contribution in [0.3, 0.4) is 0 Å². The van der Waals surface area contributed by atoms with Crippen LogP contribution in [0.4, 0.5) is 0 Å². The Morgan fingerprint density at radius 2 is 2.23 bits per heavy atom. The minimum atomic E-state index is -0.560. The minimum absolute atomic E-state index is 0.560. The Morgan fingerprint density at radius 1 is 1.54 bits per heavy atom. The lowest BCUT2D eigenvalue weighted by atomic mass is 10.1. The van der Waals surface area contributed by atoms with Crippen LogP contribution in [0.15, 0.2) is 34.6 Å². The molecule has 0 bridgehead atoms. The summed E-state index contributed by atoms with van der Waals surface area (Å²) in [5.41, 5.74) is 1.89. The molecular weight excluding hydrogens is 230 g/mol. The normalized spacial score (nSPS) is 12.3. The summed E-state index contributed by atoms with van der Waals surface area (Å²) in [6.07, 6.45) is 4.59. The highest BCUT2D eigenvalue weighted by Crippen LogP contribution is 2.18. The van der Waals surface area contributed by atoms with Crippen LogP contribution in [0.5, 0.6) is 0 Å². The van der Waals surface area contributed by atoms with Crippen LogP contribution in [0.25, 0.3) is 0 Å². The second-order valence-electron chi connectivity index (χ2n) is 3.13. The Hall–Kier alpha value is -0.670. The van der Waals surface area contributed by atoms with E-state index in [1.807, 2.05) is 19.9 Å². The highest BCUT2D eigenvalue weighted by Gasteiger charge is 2.04. The van der Waals surface area contributed by atoms with Gasteiger partial charge in [0.25, 0.3) is 0 Å². The Balaban J connectivity index is 2.89. The lowest BCUT2D eigenvalue weighted by Crippen LogP contribution is -1.94. The summed E-state index contributed by atoms with van der Waals surface area (Å²) in [5.74, 6) is 0. The van der Waals surface area contributed by atoms with Gasteiger partial charge in [-0.1, -0.05) is 11.6 Å². The van der Waals surface area contributed by atoms with Gasteiger partial charge in [0, 0.05) is 22.4 Å². The van der Waals surface area contributed by atoms with Crippen molar-refractivity contribution in [3.63, 3.8) is 0 Å². The third-order valence-corrected chi connectivity index (χ3v) is 1.99. The molecule has 1 aromatic heterocycles. The highest BCUT2D eigenvalue weighted by atomic mass is 79.9. The number of allylic oxidation sites excluding steroid dienone is 1. The lowest BCUT2D eigenvalue weighted by molar-refractivity contribution is 0.227. The van der Waals surface area contributed by atoms with Gasteiger partial charge in [0.15, 0.2) is 0 Å². The van der Waals surface area contributed by atoms with Gasteiger partial charge in [-0.3, -0.25) is 4.98 Å². The van der Waals surface area contributed by atoms with E-state index in [1.54, 1.807) is 18.5 Å². The molecule has 0 fully saturated rings. The maximum Gasteiger partial charge on any atom is 0.0989 e. The maximum absolute atomic E-state index is 9.68. The first-order chi connectivity index (χ1) is 6.09. The number of aliphatic hydroxyl groups is 1. The Morgan fingerprint density at radius 3 is 2.77 bits per heavy atom. The van der Waals surface area contributed by atoms with Gasteiger partial charge in [-0.25, -0.2) is 0 Å². The van der Waals surface area contributed by atoms with E-state index in [0.29, 0.717) is 0 Å². The van der Waals surface area contributed by atoms with Gasteiger partial charge in [0.05, 0.1) is 6.10 Å². The van der Waals surface area contributed by atoms with Crippen LogP contribution in [0, 0.1) is 0 Å². The van der Waals surface area contributed by atoms with Crippen LogP contribution in [0.2, 0.25) is 0 Å². The first-order valence-electron chi connectivity index (χ1n) is 4.03. The van der Waals surface area contributed by atoms with E-state index in [0.717, 1.165) is 15.6 Å². The average Bonchev–Trinajstić information content (AvgIpc) is 2.03. The van der Waals surface area contributed by atoms with Crippen molar-refractivity contribution in [1.82, 2.24) is 4.98 Å². The fraction of sp³-hybridized carbons (Fsp3) is 0.300. The van der Waals surface area contributed by atoms with E-state index in [-0.39, 0.29) is 0 Å².